The lowest BCUT2D eigenvalue weighted by atomic mass is 10.1. The van der Waals surface area contributed by atoms with Gasteiger partial charge in [0.05, 0.1) is 26.1 Å². The van der Waals surface area contributed by atoms with Crippen LogP contribution >= 0.6 is 12.6 Å². The van der Waals surface area contributed by atoms with Gasteiger partial charge in [-0.05, 0) is 84.4 Å². The van der Waals surface area contributed by atoms with Crippen molar-refractivity contribution in [1.29, 1.82) is 5.41 Å². The minimum atomic E-state index is -1.53. The van der Waals surface area contributed by atoms with Crippen molar-refractivity contribution < 1.29 is 51.2 Å². The highest BCUT2D eigenvalue weighted by atomic mass is 32.1. The Balaban J connectivity index is 1.79. The molecule has 0 fully saturated rings. The third kappa shape index (κ3) is 11.9. The third-order valence-corrected chi connectivity index (χ3v) is 7.96. The third-order valence-electron chi connectivity index (χ3n) is 7.46. The highest BCUT2D eigenvalue weighted by Crippen LogP contribution is 2.34. The zero-order valence-corrected chi connectivity index (χ0v) is 32.7. The van der Waals surface area contributed by atoms with E-state index in [9.17, 15) is 18.8 Å². The second kappa shape index (κ2) is 18.3. The van der Waals surface area contributed by atoms with Crippen LogP contribution < -0.4 is 24.0 Å². The molecule has 0 bridgehead atoms. The van der Waals surface area contributed by atoms with Crippen LogP contribution in [0, 0.1) is 22.9 Å². The first kappa shape index (κ1) is 43.3. The maximum absolute atomic E-state index is 15.6. The summed E-state index contributed by atoms with van der Waals surface area (Å²) in [5, 5.41) is 7.41. The van der Waals surface area contributed by atoms with Crippen LogP contribution in [0.4, 0.5) is 34.1 Å². The van der Waals surface area contributed by atoms with Crippen molar-refractivity contribution >= 4 is 47.9 Å². The Hall–Kier alpha value is -5.12. The lowest BCUT2D eigenvalue weighted by molar-refractivity contribution is -0.116. The van der Waals surface area contributed by atoms with Gasteiger partial charge in [-0.3, -0.25) is 10.2 Å². The number of likely N-dealkylation sites (N-methyl/N-ethyl adjacent to an activating group) is 1. The van der Waals surface area contributed by atoms with Crippen molar-refractivity contribution in [2.45, 2.75) is 64.4 Å². The van der Waals surface area contributed by atoms with Crippen molar-refractivity contribution in [2.24, 2.45) is 0 Å². The number of carbonyl (C=O) groups excluding carboxylic acids is 3. The number of nitrogens with zero attached hydrogens (tertiary/aromatic N) is 3. The maximum atomic E-state index is 15.6. The van der Waals surface area contributed by atoms with E-state index >= 15 is 8.78 Å². The van der Waals surface area contributed by atoms with Crippen molar-refractivity contribution in [1.82, 2.24) is 4.90 Å². The Labute approximate surface area is 319 Å². The molecule has 54 heavy (non-hydrogen) atoms. The molecule has 3 aromatic rings. The van der Waals surface area contributed by atoms with Crippen LogP contribution in [0.1, 0.15) is 58.8 Å². The number of thiol groups is 1. The van der Waals surface area contributed by atoms with E-state index in [-0.39, 0.29) is 31.0 Å². The number of carbonyl (C=O) groups is 3. The normalized spacial score (nSPS) is 11.9. The van der Waals surface area contributed by atoms with Crippen LogP contribution in [0.15, 0.2) is 54.6 Å². The number of rotatable bonds is 13. The zero-order valence-electron chi connectivity index (χ0n) is 31.8. The number of methoxy groups -OCH3 is 2. The van der Waals surface area contributed by atoms with Crippen molar-refractivity contribution in [3.8, 4) is 17.2 Å². The molecule has 3 aromatic carbocycles. The van der Waals surface area contributed by atoms with Gasteiger partial charge in [-0.1, -0.05) is 0 Å². The summed E-state index contributed by atoms with van der Waals surface area (Å²) >= 11 is 4.39. The quantitative estimate of drug-likeness (QED) is 0.0764. The summed E-state index contributed by atoms with van der Waals surface area (Å²) in [6.07, 6.45) is -1.80. The Bertz CT molecular complexity index is 1760. The molecule has 0 aromatic heterocycles. The summed E-state index contributed by atoms with van der Waals surface area (Å²) in [5.74, 6) is -3.15. The van der Waals surface area contributed by atoms with E-state index in [2.05, 4.69) is 12.6 Å². The predicted molar refractivity (Wildman–Crippen MR) is 202 cm³/mol. The summed E-state index contributed by atoms with van der Waals surface area (Å²) in [7, 11) is 4.42. The molecule has 0 saturated heterocycles. The van der Waals surface area contributed by atoms with Crippen molar-refractivity contribution in [3.05, 3.63) is 77.6 Å². The number of imide groups is 1. The van der Waals surface area contributed by atoms with Gasteiger partial charge in [-0.25, -0.2) is 27.7 Å². The summed E-state index contributed by atoms with van der Waals surface area (Å²) in [5.41, 5.74) is -1.74. The van der Waals surface area contributed by atoms with E-state index in [1.165, 1.54) is 43.2 Å². The van der Waals surface area contributed by atoms with E-state index in [4.69, 9.17) is 29.1 Å². The van der Waals surface area contributed by atoms with Gasteiger partial charge in [0.15, 0.2) is 11.5 Å². The first-order valence-corrected chi connectivity index (χ1v) is 17.3. The van der Waals surface area contributed by atoms with Gasteiger partial charge >= 0.3 is 12.2 Å². The van der Waals surface area contributed by atoms with E-state index in [0.29, 0.717) is 17.2 Å². The first-order valence-electron chi connectivity index (χ1n) is 16.8. The van der Waals surface area contributed by atoms with Crippen LogP contribution in [0.25, 0.3) is 0 Å². The largest absolute Gasteiger partial charge is 0.493 e. The molecule has 3 rings (SSSR count). The number of anilines is 2. The summed E-state index contributed by atoms with van der Waals surface area (Å²) in [6, 6.07) is 11.5. The number of halogens is 3. The second-order valence-corrected chi connectivity index (χ2v) is 14.5. The lowest BCUT2D eigenvalue weighted by Gasteiger charge is -2.30. The van der Waals surface area contributed by atoms with Crippen LogP contribution in [0.5, 0.6) is 17.2 Å². The fourth-order valence-electron chi connectivity index (χ4n) is 4.85. The molecule has 12 nitrogen and oxygen atoms in total. The Morgan fingerprint density at radius 1 is 0.796 bits per heavy atom. The van der Waals surface area contributed by atoms with Gasteiger partial charge < -0.3 is 33.5 Å². The first-order chi connectivity index (χ1) is 25.1. The topological polar surface area (TPSA) is 131 Å². The Morgan fingerprint density at radius 3 is 1.81 bits per heavy atom. The molecule has 16 heteroatoms. The molecule has 0 spiro atoms. The minimum Gasteiger partial charge on any atom is -0.493 e. The number of ether oxygens (including phenoxy) is 5. The highest BCUT2D eigenvalue weighted by molar-refractivity contribution is 7.81. The summed E-state index contributed by atoms with van der Waals surface area (Å²) < 4.78 is 71.8. The average Bonchev–Trinajstić information content (AvgIpc) is 3.07. The molecule has 0 heterocycles. The predicted octanol–water partition coefficient (Wildman–Crippen LogP) is 8.18. The molecule has 0 aliphatic heterocycles. The fourth-order valence-corrected chi connectivity index (χ4v) is 5.24. The second-order valence-electron chi connectivity index (χ2n) is 14.0. The lowest BCUT2D eigenvalue weighted by Crippen LogP contribution is -2.44. The van der Waals surface area contributed by atoms with Gasteiger partial charge in [-0.15, -0.1) is 0 Å². The van der Waals surface area contributed by atoms with Crippen LogP contribution in [-0.2, 0) is 14.3 Å². The molecule has 294 valence electrons. The van der Waals surface area contributed by atoms with Crippen LogP contribution in [0.3, 0.4) is 0 Å². The molecule has 0 aliphatic rings. The standard InChI is InChI=1S/C38H47F3N4O8S/c1-37(2,3)52-35(47)44(36(48)53-38(4,5)6)17-10-18-51-26-20-27(40)32(28(41)21-26)33(54)34(42)45(24-13-11-23(39)12-14-24)22-31(46)43(7)25-15-16-29(49-8)30(19-25)50-9/h11-16,19-21,33,42,54H,10,17-18,22H2,1-9H3. The summed E-state index contributed by atoms with van der Waals surface area (Å²) in [6.45, 7) is 9.04. The van der Waals surface area contributed by atoms with E-state index < -0.39 is 69.9 Å². The van der Waals surface area contributed by atoms with Crippen LogP contribution in [0.2, 0.25) is 0 Å². The summed E-state index contributed by atoms with van der Waals surface area (Å²) in [4.78, 5) is 42.3. The van der Waals surface area contributed by atoms with Gasteiger partial charge in [-0.2, -0.15) is 12.6 Å². The molecular formula is C38H47F3N4O8S. The van der Waals surface area contributed by atoms with E-state index in [0.717, 1.165) is 29.2 Å². The molecular weight excluding hydrogens is 729 g/mol. The van der Waals surface area contributed by atoms with Gasteiger partial charge in [0, 0.05) is 48.7 Å². The average molecular weight is 777 g/mol. The molecule has 1 unspecified atom stereocenters. The highest BCUT2D eigenvalue weighted by Gasteiger charge is 2.32. The van der Waals surface area contributed by atoms with Gasteiger partial charge in [0.1, 0.15) is 46.8 Å². The number of amides is 3. The number of amidine groups is 1. The van der Waals surface area contributed by atoms with Crippen molar-refractivity contribution in [3.63, 3.8) is 0 Å². The Morgan fingerprint density at radius 2 is 1.31 bits per heavy atom. The number of hydrogen-bond donors (Lipinski definition) is 2. The molecule has 1 atom stereocenters. The van der Waals surface area contributed by atoms with Crippen LogP contribution in [-0.4, -0.2) is 81.0 Å². The molecule has 3 amide bonds. The number of hydrogen-bond acceptors (Lipinski definition) is 10. The van der Waals surface area contributed by atoms with Gasteiger partial charge in [0.25, 0.3) is 0 Å². The monoisotopic (exact) mass is 776 g/mol. The van der Waals surface area contributed by atoms with E-state index in [1.54, 1.807) is 59.7 Å². The molecule has 1 N–H and O–H groups in total. The number of benzene rings is 3. The minimum absolute atomic E-state index is 0.0573. The van der Waals surface area contributed by atoms with Gasteiger partial charge in [0.2, 0.25) is 5.91 Å². The molecule has 0 radical (unpaired) electrons. The fraction of sp³-hybridized carbons (Fsp3) is 0.421. The Kier molecular flexibility index (Phi) is 14.6. The van der Waals surface area contributed by atoms with E-state index in [1.807, 2.05) is 0 Å². The molecule has 0 aliphatic carbocycles. The smallest absolute Gasteiger partial charge is 0.419 e. The molecule has 0 saturated carbocycles. The zero-order chi connectivity index (χ0) is 40.5. The SMILES string of the molecule is COc1ccc(N(C)C(=O)CN(C(=N)C(S)c2c(F)cc(OCCCN(C(=O)OC(C)(C)C)C(=O)OC(C)(C)C)cc2F)c2ccc(F)cc2)cc1OC. The maximum Gasteiger partial charge on any atom is 0.419 e. The van der Waals surface area contributed by atoms with Crippen molar-refractivity contribution in [2.75, 3.05) is 50.8 Å². The number of nitrogens with one attached hydrogen (secondary N) is 1.